The summed E-state index contributed by atoms with van der Waals surface area (Å²) in [4.78, 5) is 36.7. The van der Waals surface area contributed by atoms with Crippen LogP contribution in [0.3, 0.4) is 0 Å². The molecule has 8 nitrogen and oxygen atoms in total. The van der Waals surface area contributed by atoms with E-state index in [1.807, 2.05) is 30.1 Å². The maximum absolute atomic E-state index is 12.9. The highest BCUT2D eigenvalue weighted by Gasteiger charge is 2.32. The lowest BCUT2D eigenvalue weighted by Crippen LogP contribution is -2.54. The quantitative estimate of drug-likeness (QED) is 0.789. The first kappa shape index (κ1) is 19.0. The number of aromatic amines is 1. The summed E-state index contributed by atoms with van der Waals surface area (Å²) < 4.78 is 5.78. The molecule has 2 atom stereocenters. The van der Waals surface area contributed by atoms with Gasteiger partial charge in [0.2, 0.25) is 0 Å². The second kappa shape index (κ2) is 8.38. The van der Waals surface area contributed by atoms with E-state index in [9.17, 15) is 9.59 Å². The third-order valence-electron chi connectivity index (χ3n) is 5.60. The van der Waals surface area contributed by atoms with Gasteiger partial charge in [0, 0.05) is 32.2 Å². The number of rotatable bonds is 4. The molecule has 2 saturated heterocycles. The summed E-state index contributed by atoms with van der Waals surface area (Å²) in [6.07, 6.45) is 1.64. The topological polar surface area (TPSA) is 90.6 Å². The van der Waals surface area contributed by atoms with Gasteiger partial charge in [-0.25, -0.2) is 4.98 Å². The zero-order valence-corrected chi connectivity index (χ0v) is 16.2. The number of carbonyl (C=O) groups is 1. The van der Waals surface area contributed by atoms with Gasteiger partial charge in [0.05, 0.1) is 24.1 Å². The van der Waals surface area contributed by atoms with Gasteiger partial charge in [-0.15, -0.1) is 0 Å². The molecule has 8 heteroatoms. The van der Waals surface area contributed by atoms with Crippen LogP contribution in [0.15, 0.2) is 29.1 Å². The SMILES string of the molecule is CN[C@H]1CCCN(C(=O)[C@@H]2CN(Cc3nc4ccccc4c(=O)[nH]3)CCO2)C1. The van der Waals surface area contributed by atoms with E-state index >= 15 is 0 Å². The molecule has 1 amide bonds. The summed E-state index contributed by atoms with van der Waals surface area (Å²) in [5.74, 6) is 0.676. The largest absolute Gasteiger partial charge is 0.366 e. The number of H-pyrrole nitrogens is 1. The van der Waals surface area contributed by atoms with E-state index in [0.717, 1.165) is 25.9 Å². The number of hydrogen-bond donors (Lipinski definition) is 2. The Bertz CT molecular complexity index is 899. The van der Waals surface area contributed by atoms with Crippen LogP contribution in [0.25, 0.3) is 10.9 Å². The summed E-state index contributed by atoms with van der Waals surface area (Å²) in [5.41, 5.74) is 0.557. The van der Waals surface area contributed by atoms with Crippen LogP contribution in [-0.2, 0) is 16.1 Å². The van der Waals surface area contributed by atoms with Crippen LogP contribution in [0.4, 0.5) is 0 Å². The highest BCUT2D eigenvalue weighted by atomic mass is 16.5. The Kier molecular flexibility index (Phi) is 5.70. The van der Waals surface area contributed by atoms with E-state index in [-0.39, 0.29) is 11.5 Å². The van der Waals surface area contributed by atoms with Gasteiger partial charge in [0.15, 0.2) is 0 Å². The third-order valence-corrected chi connectivity index (χ3v) is 5.60. The summed E-state index contributed by atoms with van der Waals surface area (Å²) in [6.45, 7) is 3.73. The molecule has 0 unspecified atom stereocenters. The molecule has 28 heavy (non-hydrogen) atoms. The van der Waals surface area contributed by atoms with Crippen LogP contribution in [0.1, 0.15) is 18.7 Å². The van der Waals surface area contributed by atoms with Gasteiger partial charge in [0.1, 0.15) is 11.9 Å². The second-order valence-corrected chi connectivity index (χ2v) is 7.54. The molecule has 3 heterocycles. The Labute approximate surface area is 163 Å². The first-order chi connectivity index (χ1) is 13.6. The van der Waals surface area contributed by atoms with Crippen LogP contribution in [0.2, 0.25) is 0 Å². The van der Waals surface area contributed by atoms with Gasteiger partial charge in [-0.1, -0.05) is 12.1 Å². The Morgan fingerprint density at radius 3 is 3.04 bits per heavy atom. The average molecular weight is 385 g/mol. The maximum Gasteiger partial charge on any atom is 0.258 e. The van der Waals surface area contributed by atoms with Crippen LogP contribution >= 0.6 is 0 Å². The molecule has 1 aromatic carbocycles. The molecular formula is C20H27N5O3. The number of aromatic nitrogens is 2. The number of amides is 1. The number of likely N-dealkylation sites (N-methyl/N-ethyl adjacent to an activating group) is 1. The fourth-order valence-corrected chi connectivity index (χ4v) is 4.03. The fraction of sp³-hybridized carbons (Fsp3) is 0.550. The number of benzene rings is 1. The number of likely N-dealkylation sites (tertiary alicyclic amines) is 1. The van der Waals surface area contributed by atoms with Gasteiger partial charge in [-0.3, -0.25) is 14.5 Å². The van der Waals surface area contributed by atoms with Crippen molar-refractivity contribution in [3.63, 3.8) is 0 Å². The van der Waals surface area contributed by atoms with Crippen LogP contribution in [0.5, 0.6) is 0 Å². The molecule has 2 N–H and O–H groups in total. The molecule has 2 fully saturated rings. The minimum atomic E-state index is -0.462. The molecule has 150 valence electrons. The Hall–Kier alpha value is -2.29. The van der Waals surface area contributed by atoms with Gasteiger partial charge < -0.3 is 19.9 Å². The molecule has 0 bridgehead atoms. The van der Waals surface area contributed by atoms with E-state index in [1.165, 1.54) is 0 Å². The first-order valence-corrected chi connectivity index (χ1v) is 9.92. The fourth-order valence-electron chi connectivity index (χ4n) is 4.03. The van der Waals surface area contributed by atoms with Gasteiger partial charge in [-0.2, -0.15) is 0 Å². The number of nitrogens with zero attached hydrogens (tertiary/aromatic N) is 3. The Morgan fingerprint density at radius 1 is 1.32 bits per heavy atom. The highest BCUT2D eigenvalue weighted by Crippen LogP contribution is 2.16. The van der Waals surface area contributed by atoms with Crippen LogP contribution in [-0.4, -0.2) is 77.7 Å². The predicted molar refractivity (Wildman–Crippen MR) is 106 cm³/mol. The second-order valence-electron chi connectivity index (χ2n) is 7.54. The van der Waals surface area contributed by atoms with Crippen molar-refractivity contribution in [2.45, 2.75) is 31.5 Å². The van der Waals surface area contributed by atoms with E-state index < -0.39 is 6.10 Å². The summed E-state index contributed by atoms with van der Waals surface area (Å²) in [5, 5.41) is 3.85. The molecule has 0 saturated carbocycles. The van der Waals surface area contributed by atoms with E-state index in [0.29, 0.717) is 49.0 Å². The number of fused-ring (bicyclic) bond motifs is 1. The lowest BCUT2D eigenvalue weighted by atomic mass is 10.0. The molecule has 2 aliphatic rings. The third kappa shape index (κ3) is 4.09. The minimum absolute atomic E-state index is 0.0598. The molecule has 0 aliphatic carbocycles. The van der Waals surface area contributed by atoms with Crippen molar-refractivity contribution in [1.82, 2.24) is 25.1 Å². The number of para-hydroxylation sites is 1. The van der Waals surface area contributed by atoms with Crippen molar-refractivity contribution < 1.29 is 9.53 Å². The summed E-state index contributed by atoms with van der Waals surface area (Å²) in [7, 11) is 1.94. The number of hydrogen-bond acceptors (Lipinski definition) is 6. The van der Waals surface area contributed by atoms with Crippen molar-refractivity contribution in [2.75, 3.05) is 39.8 Å². The van der Waals surface area contributed by atoms with Crippen LogP contribution in [0, 0.1) is 0 Å². The highest BCUT2D eigenvalue weighted by molar-refractivity contribution is 5.81. The maximum atomic E-state index is 12.9. The molecule has 2 aromatic rings. The summed E-state index contributed by atoms with van der Waals surface area (Å²) >= 11 is 0. The van der Waals surface area contributed by atoms with E-state index in [1.54, 1.807) is 6.07 Å². The molecule has 2 aliphatic heterocycles. The molecule has 0 spiro atoms. The molecule has 1 aromatic heterocycles. The van der Waals surface area contributed by atoms with Crippen molar-refractivity contribution in [2.24, 2.45) is 0 Å². The lowest BCUT2D eigenvalue weighted by molar-refractivity contribution is -0.151. The average Bonchev–Trinajstić information content (AvgIpc) is 2.73. The number of morpholine rings is 1. The minimum Gasteiger partial charge on any atom is -0.366 e. The number of nitrogens with one attached hydrogen (secondary N) is 2. The molecule has 0 radical (unpaired) electrons. The summed E-state index contributed by atoms with van der Waals surface area (Å²) in [6, 6.07) is 7.67. The Balaban J connectivity index is 1.43. The lowest BCUT2D eigenvalue weighted by Gasteiger charge is -2.38. The first-order valence-electron chi connectivity index (χ1n) is 9.92. The van der Waals surface area contributed by atoms with Gasteiger partial charge >= 0.3 is 0 Å². The van der Waals surface area contributed by atoms with Crippen LogP contribution < -0.4 is 10.9 Å². The number of ether oxygens (including phenoxy) is 1. The van der Waals surface area contributed by atoms with Gasteiger partial charge in [-0.05, 0) is 32.0 Å². The normalized spacial score (nSPS) is 23.8. The number of piperidine rings is 1. The molecular weight excluding hydrogens is 358 g/mol. The monoisotopic (exact) mass is 385 g/mol. The Morgan fingerprint density at radius 2 is 2.18 bits per heavy atom. The zero-order valence-electron chi connectivity index (χ0n) is 16.2. The van der Waals surface area contributed by atoms with Gasteiger partial charge in [0.25, 0.3) is 11.5 Å². The molecule has 4 rings (SSSR count). The van der Waals surface area contributed by atoms with Crippen molar-refractivity contribution >= 4 is 16.8 Å². The smallest absolute Gasteiger partial charge is 0.258 e. The standard InChI is InChI=1S/C20H27N5O3/c1-21-14-5-4-8-25(11-14)20(27)17-12-24(9-10-28-17)13-18-22-16-7-3-2-6-15(16)19(26)23-18/h2-3,6-7,14,17,21H,4-5,8-13H2,1H3,(H,22,23,26)/t14-,17-/m0/s1. The van der Waals surface area contributed by atoms with Crippen molar-refractivity contribution in [1.29, 1.82) is 0 Å². The van der Waals surface area contributed by atoms with E-state index in [4.69, 9.17) is 4.74 Å². The predicted octanol–water partition coefficient (Wildman–Crippen LogP) is 0.334. The number of carbonyl (C=O) groups excluding carboxylic acids is 1. The van der Waals surface area contributed by atoms with Crippen molar-refractivity contribution in [3.05, 3.63) is 40.4 Å². The van der Waals surface area contributed by atoms with E-state index in [2.05, 4.69) is 20.2 Å². The zero-order chi connectivity index (χ0) is 19.5. The van der Waals surface area contributed by atoms with Crippen molar-refractivity contribution in [3.8, 4) is 0 Å².